The van der Waals surface area contributed by atoms with Crippen LogP contribution in [0.5, 0.6) is 0 Å². The molecule has 10 heteroatoms. The first kappa shape index (κ1) is 20.5. The average molecular weight is 385 g/mol. The van der Waals surface area contributed by atoms with Crippen LogP contribution in [0, 0.1) is 6.92 Å². The van der Waals surface area contributed by atoms with Gasteiger partial charge in [-0.2, -0.15) is 0 Å². The van der Waals surface area contributed by atoms with Crippen LogP contribution >= 0.6 is 0 Å². The average Bonchev–Trinajstić information content (AvgIpc) is 3.14. The van der Waals surface area contributed by atoms with E-state index in [2.05, 4.69) is 5.32 Å². The molecule has 3 aromatic rings. The molecule has 1 aromatic carbocycles. The second kappa shape index (κ2) is 7.85. The molecule has 3 rings (SSSR count). The van der Waals surface area contributed by atoms with Crippen LogP contribution in [0.2, 0.25) is 0 Å². The largest absolute Gasteiger partial charge is 1.00 e. The Bertz CT molecular complexity index is 1070. The first-order valence-electron chi connectivity index (χ1n) is 7.37. The normalized spacial score (nSPS) is 11.2. The molecule has 1 N–H and O–H groups in total. The maximum absolute atomic E-state index is 12.7. The zero-order valence-corrected chi connectivity index (χ0v) is 17.4. The minimum atomic E-state index is -4.49. The summed E-state index contributed by atoms with van der Waals surface area (Å²) in [7, 11) is -2.81. The van der Waals surface area contributed by atoms with Crippen molar-refractivity contribution in [3.8, 4) is 16.8 Å². The first-order chi connectivity index (χ1) is 11.8. The van der Waals surface area contributed by atoms with Crippen LogP contribution in [-0.4, -0.2) is 28.2 Å². The third-order valence-corrected chi connectivity index (χ3v) is 4.42. The fraction of sp³-hybridized carbons (Fsp3) is 0.188. The van der Waals surface area contributed by atoms with Crippen molar-refractivity contribution in [1.82, 2.24) is 9.36 Å². The molecule has 0 radical (unpaired) electrons. The molecule has 0 spiro atoms. The molecule has 132 valence electrons. The van der Waals surface area contributed by atoms with E-state index in [4.69, 9.17) is 4.42 Å². The second-order valence-corrected chi connectivity index (χ2v) is 6.95. The monoisotopic (exact) mass is 385 g/mol. The van der Waals surface area contributed by atoms with Gasteiger partial charge in [0.05, 0.1) is 23.9 Å². The summed E-state index contributed by atoms with van der Waals surface area (Å²) < 4.78 is 40.5. The summed E-state index contributed by atoms with van der Waals surface area (Å²) in [5, 5.41) is 2.42. The second-order valence-electron chi connectivity index (χ2n) is 5.54. The summed E-state index contributed by atoms with van der Waals surface area (Å²) in [4.78, 5) is 12.7. The van der Waals surface area contributed by atoms with Crippen molar-refractivity contribution < 1.29 is 46.9 Å². The number of hydrogen-bond acceptors (Lipinski definition) is 6. The van der Waals surface area contributed by atoms with Gasteiger partial charge in [-0.1, -0.05) is 12.1 Å². The van der Waals surface area contributed by atoms with E-state index in [1.165, 1.54) is 4.68 Å². The van der Waals surface area contributed by atoms with Crippen LogP contribution in [0.25, 0.3) is 16.8 Å². The SMILES string of the molecule is Cc1c(NCS(=O)(=O)[O-])c(=O)n(-c2cccc(-c3ccoc3)c2)n1C.[Na+]. The molecule has 0 aliphatic heterocycles. The van der Waals surface area contributed by atoms with Gasteiger partial charge in [0.1, 0.15) is 21.7 Å². The Labute approximate surface area is 172 Å². The van der Waals surface area contributed by atoms with Crippen molar-refractivity contribution in [3.05, 3.63) is 58.9 Å². The summed E-state index contributed by atoms with van der Waals surface area (Å²) >= 11 is 0. The van der Waals surface area contributed by atoms with Gasteiger partial charge in [0.15, 0.2) is 0 Å². The van der Waals surface area contributed by atoms with Crippen molar-refractivity contribution in [1.29, 1.82) is 0 Å². The summed E-state index contributed by atoms with van der Waals surface area (Å²) in [6.45, 7) is 1.66. The van der Waals surface area contributed by atoms with Crippen LogP contribution in [-0.2, 0) is 17.2 Å². The van der Waals surface area contributed by atoms with E-state index in [1.54, 1.807) is 37.2 Å². The van der Waals surface area contributed by atoms with Gasteiger partial charge >= 0.3 is 29.6 Å². The van der Waals surface area contributed by atoms with Gasteiger partial charge in [0, 0.05) is 12.6 Å². The maximum atomic E-state index is 12.7. The van der Waals surface area contributed by atoms with E-state index < -0.39 is 21.6 Å². The van der Waals surface area contributed by atoms with Crippen molar-refractivity contribution in [2.24, 2.45) is 7.05 Å². The predicted molar refractivity (Wildman–Crippen MR) is 91.6 cm³/mol. The maximum Gasteiger partial charge on any atom is 1.00 e. The zero-order chi connectivity index (χ0) is 18.2. The van der Waals surface area contributed by atoms with Gasteiger partial charge in [0.2, 0.25) is 0 Å². The zero-order valence-electron chi connectivity index (χ0n) is 14.6. The smallest absolute Gasteiger partial charge is 0.747 e. The fourth-order valence-electron chi connectivity index (χ4n) is 2.61. The Kier molecular flexibility index (Phi) is 6.20. The number of nitrogens with zero attached hydrogens (tertiary/aromatic N) is 2. The molecular formula is C16H16N3NaO5S. The number of nitrogens with one attached hydrogen (secondary N) is 1. The molecule has 0 atom stereocenters. The summed E-state index contributed by atoms with van der Waals surface area (Å²) in [5.74, 6) is -0.845. The van der Waals surface area contributed by atoms with Crippen LogP contribution in [0.4, 0.5) is 5.69 Å². The number of rotatable bonds is 5. The van der Waals surface area contributed by atoms with Gasteiger partial charge in [-0.15, -0.1) is 0 Å². The quantitative estimate of drug-likeness (QED) is 0.430. The predicted octanol–water partition coefficient (Wildman–Crippen LogP) is -1.34. The first-order valence-corrected chi connectivity index (χ1v) is 8.95. The molecule has 0 unspecified atom stereocenters. The molecule has 0 saturated carbocycles. The molecule has 0 saturated heterocycles. The number of benzene rings is 1. The van der Waals surface area contributed by atoms with E-state index in [1.807, 2.05) is 24.3 Å². The molecular weight excluding hydrogens is 369 g/mol. The van der Waals surface area contributed by atoms with Crippen molar-refractivity contribution in [3.63, 3.8) is 0 Å². The van der Waals surface area contributed by atoms with Gasteiger partial charge in [-0.05, 0) is 30.7 Å². The third-order valence-electron chi connectivity index (χ3n) is 3.92. The summed E-state index contributed by atoms with van der Waals surface area (Å²) in [6, 6.07) is 9.09. The molecule has 8 nitrogen and oxygen atoms in total. The Morgan fingerprint density at radius 1 is 1.23 bits per heavy atom. The number of furan rings is 1. The van der Waals surface area contributed by atoms with E-state index in [0.29, 0.717) is 11.4 Å². The number of aromatic nitrogens is 2. The molecule has 0 aliphatic carbocycles. The Balaban J connectivity index is 0.00000243. The molecule has 2 aromatic heterocycles. The molecule has 0 aliphatic rings. The van der Waals surface area contributed by atoms with Crippen molar-refractivity contribution in [2.45, 2.75) is 6.92 Å². The third kappa shape index (κ3) is 4.13. The van der Waals surface area contributed by atoms with E-state index >= 15 is 0 Å². The molecule has 0 fully saturated rings. The minimum absolute atomic E-state index is 0. The molecule has 0 bridgehead atoms. The summed E-state index contributed by atoms with van der Waals surface area (Å²) in [5.41, 5.74) is 2.50. The van der Waals surface area contributed by atoms with Gasteiger partial charge in [0.25, 0.3) is 5.56 Å². The molecule has 26 heavy (non-hydrogen) atoms. The Morgan fingerprint density at radius 2 is 1.96 bits per heavy atom. The molecule has 2 heterocycles. The van der Waals surface area contributed by atoms with E-state index in [0.717, 1.165) is 11.1 Å². The number of anilines is 1. The van der Waals surface area contributed by atoms with E-state index in [9.17, 15) is 17.8 Å². The van der Waals surface area contributed by atoms with Crippen LogP contribution in [0.1, 0.15) is 5.69 Å². The summed E-state index contributed by atoms with van der Waals surface area (Å²) in [6.07, 6.45) is 3.16. The molecule has 0 amide bonds. The Morgan fingerprint density at radius 3 is 2.58 bits per heavy atom. The standard InChI is InChI=1S/C16H17N3O5S.Na/c1-11-15(17-10-25(21,22)23)16(20)19(18(11)2)14-5-3-4-12(8-14)13-6-7-24-9-13;/h3-9,17H,10H2,1-2H3,(H,21,22,23);/q;+1/p-1. The van der Waals surface area contributed by atoms with Crippen molar-refractivity contribution in [2.75, 3.05) is 11.2 Å². The minimum Gasteiger partial charge on any atom is -0.747 e. The van der Waals surface area contributed by atoms with Crippen LogP contribution < -0.4 is 40.4 Å². The fourth-order valence-corrected chi connectivity index (χ4v) is 2.93. The Hall–Kier alpha value is -1.78. The van der Waals surface area contributed by atoms with Gasteiger partial charge < -0.3 is 14.3 Å². The van der Waals surface area contributed by atoms with Crippen LogP contribution in [0.3, 0.4) is 0 Å². The van der Waals surface area contributed by atoms with E-state index in [-0.39, 0.29) is 35.2 Å². The number of hydrogen-bond donors (Lipinski definition) is 1. The van der Waals surface area contributed by atoms with Gasteiger partial charge in [-0.25, -0.2) is 13.1 Å². The van der Waals surface area contributed by atoms with Gasteiger partial charge in [-0.3, -0.25) is 9.48 Å². The van der Waals surface area contributed by atoms with Crippen molar-refractivity contribution >= 4 is 15.8 Å². The van der Waals surface area contributed by atoms with Crippen LogP contribution in [0.15, 0.2) is 52.1 Å². The topological polar surface area (TPSA) is 109 Å².